The molecule has 1 aromatic carbocycles. The molecule has 2 aliphatic rings. The number of hydrogen-bond acceptors (Lipinski definition) is 11. The Morgan fingerprint density at radius 1 is 0.723 bits per heavy atom. The first-order valence-electron chi connectivity index (χ1n) is 14.9. The van der Waals surface area contributed by atoms with Crippen LogP contribution in [0.3, 0.4) is 0 Å². The van der Waals surface area contributed by atoms with Crippen molar-refractivity contribution in [2.75, 3.05) is 26.4 Å². The van der Waals surface area contributed by atoms with Gasteiger partial charge in [0.05, 0.1) is 26.4 Å². The number of allylic oxidation sites excluding steroid dienone is 4. The van der Waals surface area contributed by atoms with Gasteiger partial charge in [0.1, 0.15) is 5.76 Å². The highest BCUT2D eigenvalue weighted by molar-refractivity contribution is 7.87. The lowest BCUT2D eigenvalue weighted by Crippen LogP contribution is -2.43. The van der Waals surface area contributed by atoms with Crippen LogP contribution >= 0.6 is 11.6 Å². The smallest absolute Gasteiger partial charge is 0.465 e. The summed E-state index contributed by atoms with van der Waals surface area (Å²) in [6.45, 7) is 7.00. The van der Waals surface area contributed by atoms with Crippen LogP contribution in [-0.4, -0.2) is 64.2 Å². The summed E-state index contributed by atoms with van der Waals surface area (Å²) in [6, 6.07) is 7.54. The van der Waals surface area contributed by atoms with Crippen molar-refractivity contribution in [2.45, 2.75) is 71.7 Å². The minimum atomic E-state index is -5.80. The van der Waals surface area contributed by atoms with E-state index in [4.69, 9.17) is 30.5 Å². The quantitative estimate of drug-likeness (QED) is 0.0868. The Hall–Kier alpha value is -3.59. The van der Waals surface area contributed by atoms with Gasteiger partial charge in [-0.2, -0.15) is 21.6 Å². The van der Waals surface area contributed by atoms with Crippen molar-refractivity contribution >= 4 is 51.2 Å². The van der Waals surface area contributed by atoms with Crippen molar-refractivity contribution in [3.05, 3.63) is 52.8 Å². The molecule has 3 rings (SSSR count). The molecule has 0 radical (unpaired) electrons. The number of ether oxygens (including phenoxy) is 4. The van der Waals surface area contributed by atoms with Gasteiger partial charge in [-0.1, -0.05) is 29.8 Å². The summed E-state index contributed by atoms with van der Waals surface area (Å²) in [5.41, 5.74) is -6.35. The van der Waals surface area contributed by atoms with Gasteiger partial charge in [0, 0.05) is 11.4 Å². The Bertz CT molecular complexity index is 1420. The summed E-state index contributed by atoms with van der Waals surface area (Å²) in [5.74, 6) is -3.24. The van der Waals surface area contributed by atoms with E-state index in [1.165, 1.54) is 13.8 Å². The van der Waals surface area contributed by atoms with Gasteiger partial charge in [-0.05, 0) is 89.1 Å². The number of rotatable bonds is 11. The van der Waals surface area contributed by atoms with Crippen LogP contribution in [0.4, 0.5) is 13.2 Å². The molecule has 0 amide bonds. The van der Waals surface area contributed by atoms with E-state index < -0.39 is 56.1 Å². The Labute approximate surface area is 276 Å². The fraction of sp³-hybridized carbons (Fsp3) is 0.548. The number of esters is 4. The lowest BCUT2D eigenvalue weighted by molar-refractivity contribution is -0.174. The van der Waals surface area contributed by atoms with Crippen molar-refractivity contribution in [3.8, 4) is 0 Å². The second-order valence-corrected chi connectivity index (χ2v) is 12.3. The molecule has 0 atom stereocenters. The summed E-state index contributed by atoms with van der Waals surface area (Å²) in [6.07, 6.45) is 3.15. The van der Waals surface area contributed by atoms with E-state index in [0.29, 0.717) is 24.3 Å². The number of carbonyl (C=O) groups excluding carboxylic acids is 4. The normalized spacial score (nSPS) is 17.0. The molecule has 0 aliphatic heterocycles. The van der Waals surface area contributed by atoms with Crippen molar-refractivity contribution in [1.29, 1.82) is 0 Å². The second-order valence-electron chi connectivity index (χ2n) is 10.3. The predicted octanol–water partition coefficient (Wildman–Crippen LogP) is 6.05. The molecule has 16 heteroatoms. The van der Waals surface area contributed by atoms with Crippen molar-refractivity contribution < 1.29 is 63.9 Å². The molecule has 2 aliphatic carbocycles. The maximum absolute atomic E-state index is 12.4. The summed E-state index contributed by atoms with van der Waals surface area (Å²) in [5, 5.41) is 0.678. The predicted molar refractivity (Wildman–Crippen MR) is 163 cm³/mol. The van der Waals surface area contributed by atoms with E-state index >= 15 is 0 Å². The highest BCUT2D eigenvalue weighted by Gasteiger charge is 2.52. The Balaban J connectivity index is 0.000000327. The van der Waals surface area contributed by atoms with Gasteiger partial charge in [0.2, 0.25) is 0 Å². The molecule has 0 N–H and O–H groups in total. The van der Waals surface area contributed by atoms with Crippen molar-refractivity contribution in [3.63, 3.8) is 0 Å². The zero-order valence-electron chi connectivity index (χ0n) is 26.4. The van der Waals surface area contributed by atoms with Crippen LogP contribution in [0, 0.1) is 10.8 Å². The van der Waals surface area contributed by atoms with E-state index in [-0.39, 0.29) is 45.7 Å². The summed E-state index contributed by atoms with van der Waals surface area (Å²) < 4.78 is 82.8. The van der Waals surface area contributed by atoms with Crippen LogP contribution in [0.1, 0.15) is 71.8 Å². The average molecular weight is 711 g/mol. The zero-order chi connectivity index (χ0) is 35.5. The largest absolute Gasteiger partial charge is 0.534 e. The van der Waals surface area contributed by atoms with E-state index in [1.54, 1.807) is 13.8 Å². The monoisotopic (exact) mass is 710 g/mol. The standard InChI is InChI=1S/C18H21ClO4.C13H17F3O7S/c1-3-22-16(20)18(17(21)23-4-2)11-9-14(10-12-18)13-5-7-15(19)8-6-13;1-3-21-10(17)12(11(18)22-4-2)7-5-9(6-8-12)23-24(19,20)13(14,15)16/h5-9H,3-4,10-12H2,1-2H3;5H,3-4,6-8H2,1-2H3. The molecule has 11 nitrogen and oxygen atoms in total. The van der Waals surface area contributed by atoms with E-state index in [0.717, 1.165) is 17.2 Å². The molecule has 0 bridgehead atoms. The number of benzene rings is 1. The minimum Gasteiger partial charge on any atom is -0.465 e. The Morgan fingerprint density at radius 3 is 1.45 bits per heavy atom. The van der Waals surface area contributed by atoms with Crippen LogP contribution in [0.15, 0.2) is 42.2 Å². The molecular formula is C31H38ClF3O11S. The highest BCUT2D eigenvalue weighted by Crippen LogP contribution is 2.42. The fourth-order valence-electron chi connectivity index (χ4n) is 4.85. The molecule has 0 spiro atoms. The molecule has 0 saturated carbocycles. The maximum atomic E-state index is 12.4. The fourth-order valence-corrected chi connectivity index (χ4v) is 5.51. The molecule has 0 heterocycles. The van der Waals surface area contributed by atoms with Crippen molar-refractivity contribution in [1.82, 2.24) is 0 Å². The topological polar surface area (TPSA) is 149 Å². The Morgan fingerprint density at radius 2 is 1.13 bits per heavy atom. The maximum Gasteiger partial charge on any atom is 0.534 e. The molecule has 0 fully saturated rings. The minimum absolute atomic E-state index is 0.00445. The Kier molecular flexibility index (Phi) is 14.3. The first-order chi connectivity index (χ1) is 22.0. The van der Waals surface area contributed by atoms with Gasteiger partial charge in [-0.3, -0.25) is 19.2 Å². The molecule has 262 valence electrons. The van der Waals surface area contributed by atoms with Crippen LogP contribution in [-0.2, 0) is 52.4 Å². The van der Waals surface area contributed by atoms with Crippen LogP contribution in [0.5, 0.6) is 0 Å². The molecular weight excluding hydrogens is 673 g/mol. The number of hydrogen-bond donors (Lipinski definition) is 0. The zero-order valence-corrected chi connectivity index (χ0v) is 28.0. The second kappa shape index (κ2) is 17.0. The van der Waals surface area contributed by atoms with Crippen molar-refractivity contribution in [2.24, 2.45) is 10.8 Å². The van der Waals surface area contributed by atoms with Gasteiger partial charge in [0.15, 0.2) is 10.8 Å². The summed E-state index contributed by atoms with van der Waals surface area (Å²) in [4.78, 5) is 48.9. The van der Waals surface area contributed by atoms with Crippen LogP contribution < -0.4 is 0 Å². The third-order valence-electron chi connectivity index (χ3n) is 7.37. The van der Waals surface area contributed by atoms with E-state index in [9.17, 15) is 40.8 Å². The van der Waals surface area contributed by atoms with Gasteiger partial charge >= 0.3 is 39.5 Å². The molecule has 0 aromatic heterocycles. The first-order valence-corrected chi connectivity index (χ1v) is 16.7. The van der Waals surface area contributed by atoms with Gasteiger partial charge in [0.25, 0.3) is 0 Å². The van der Waals surface area contributed by atoms with E-state index in [1.807, 2.05) is 30.3 Å². The van der Waals surface area contributed by atoms with Gasteiger partial charge in [-0.25, -0.2) is 0 Å². The molecule has 0 unspecified atom stereocenters. The van der Waals surface area contributed by atoms with E-state index in [2.05, 4.69) is 4.18 Å². The molecule has 47 heavy (non-hydrogen) atoms. The number of alkyl halides is 3. The summed E-state index contributed by atoms with van der Waals surface area (Å²) in [7, 11) is -5.80. The molecule has 0 saturated heterocycles. The number of halogens is 4. The van der Waals surface area contributed by atoms with Crippen LogP contribution in [0.25, 0.3) is 5.57 Å². The first kappa shape index (κ1) is 39.6. The van der Waals surface area contributed by atoms with Gasteiger partial charge < -0.3 is 23.1 Å². The average Bonchev–Trinajstić information content (AvgIpc) is 3.02. The lowest BCUT2D eigenvalue weighted by atomic mass is 9.73. The lowest BCUT2D eigenvalue weighted by Gasteiger charge is -2.32. The SMILES string of the molecule is CCOC(=O)C1(C(=O)OCC)CC=C(OS(=O)(=O)C(F)(F)F)CC1.CCOC(=O)C1(C(=O)OCC)CC=C(c2ccc(Cl)cc2)CC1. The highest BCUT2D eigenvalue weighted by atomic mass is 35.5. The third-order valence-corrected chi connectivity index (χ3v) is 8.63. The summed E-state index contributed by atoms with van der Waals surface area (Å²) >= 11 is 5.91. The third kappa shape index (κ3) is 9.72. The molecule has 1 aromatic rings. The van der Waals surface area contributed by atoms with Crippen LogP contribution in [0.2, 0.25) is 5.02 Å². The number of carbonyl (C=O) groups is 4. The van der Waals surface area contributed by atoms with Gasteiger partial charge in [-0.15, -0.1) is 0 Å².